The number of aryl methyl sites for hydroxylation is 2. The highest BCUT2D eigenvalue weighted by Crippen LogP contribution is 2.26. The van der Waals surface area contributed by atoms with Gasteiger partial charge in [0.2, 0.25) is 5.91 Å². The maximum atomic E-state index is 11.7. The molecule has 0 saturated carbocycles. The number of nitrogens with one attached hydrogen (secondary N) is 2. The third-order valence-electron chi connectivity index (χ3n) is 2.88. The molecule has 3 nitrogen and oxygen atoms in total. The van der Waals surface area contributed by atoms with Crippen molar-refractivity contribution in [2.45, 2.75) is 40.2 Å². The van der Waals surface area contributed by atoms with Gasteiger partial charge in [0.05, 0.1) is 17.3 Å². The second-order valence-corrected chi connectivity index (χ2v) is 5.08. The Morgan fingerprint density at radius 2 is 2.06 bits per heavy atom. The monoisotopic (exact) mass is 268 g/mol. The summed E-state index contributed by atoms with van der Waals surface area (Å²) < 4.78 is 0. The number of anilines is 1. The molecule has 18 heavy (non-hydrogen) atoms. The molecule has 1 aromatic rings. The lowest BCUT2D eigenvalue weighted by atomic mass is 10.1. The van der Waals surface area contributed by atoms with Gasteiger partial charge in [0.25, 0.3) is 0 Å². The molecule has 1 aromatic carbocycles. The third kappa shape index (κ3) is 4.22. The van der Waals surface area contributed by atoms with Gasteiger partial charge in [-0.05, 0) is 44.4 Å². The summed E-state index contributed by atoms with van der Waals surface area (Å²) in [5, 5.41) is 6.66. The molecule has 0 spiro atoms. The number of rotatable bonds is 5. The first-order valence-corrected chi connectivity index (χ1v) is 6.61. The summed E-state index contributed by atoms with van der Waals surface area (Å²) in [6.07, 6.45) is 0.927. The zero-order valence-electron chi connectivity index (χ0n) is 11.4. The Morgan fingerprint density at radius 3 is 2.61 bits per heavy atom. The highest BCUT2D eigenvalue weighted by Gasteiger charge is 2.08. The van der Waals surface area contributed by atoms with Gasteiger partial charge < -0.3 is 10.6 Å². The van der Waals surface area contributed by atoms with Crippen LogP contribution in [0.3, 0.4) is 0 Å². The van der Waals surface area contributed by atoms with Crippen LogP contribution in [0.25, 0.3) is 0 Å². The van der Waals surface area contributed by atoms with E-state index in [1.807, 2.05) is 39.8 Å². The predicted molar refractivity (Wildman–Crippen MR) is 77.3 cm³/mol. The number of hydrogen-bond acceptors (Lipinski definition) is 2. The molecule has 0 aliphatic carbocycles. The summed E-state index contributed by atoms with van der Waals surface area (Å²) in [5.41, 5.74) is 3.00. The lowest BCUT2D eigenvalue weighted by Gasteiger charge is -2.15. The van der Waals surface area contributed by atoms with Crippen molar-refractivity contribution in [1.29, 1.82) is 0 Å². The van der Waals surface area contributed by atoms with Gasteiger partial charge in [-0.3, -0.25) is 4.79 Å². The van der Waals surface area contributed by atoms with Crippen LogP contribution < -0.4 is 10.6 Å². The zero-order chi connectivity index (χ0) is 13.7. The molecule has 100 valence electrons. The highest BCUT2D eigenvalue weighted by atomic mass is 35.5. The fraction of sp³-hybridized carbons (Fsp3) is 0.500. The van der Waals surface area contributed by atoms with Crippen LogP contribution in [-0.2, 0) is 4.79 Å². The highest BCUT2D eigenvalue weighted by molar-refractivity contribution is 6.33. The lowest BCUT2D eigenvalue weighted by Crippen LogP contribution is -2.36. The van der Waals surface area contributed by atoms with E-state index in [0.717, 1.165) is 23.2 Å². The molecule has 0 bridgehead atoms. The van der Waals surface area contributed by atoms with Gasteiger partial charge in [-0.25, -0.2) is 0 Å². The van der Waals surface area contributed by atoms with Crippen molar-refractivity contribution in [2.75, 3.05) is 11.9 Å². The molecule has 0 aliphatic heterocycles. The average Bonchev–Trinajstić information content (AvgIpc) is 2.27. The third-order valence-corrected chi connectivity index (χ3v) is 3.18. The molecular formula is C14H21ClN2O. The molecule has 1 atom stereocenters. The molecular weight excluding hydrogens is 248 g/mol. The lowest BCUT2D eigenvalue weighted by molar-refractivity contribution is -0.120. The standard InChI is InChI=1S/C14H21ClN2O/c1-5-11(4)17-13(18)8-16-14-10(3)6-9(2)7-12(14)15/h6-7,11,16H,5,8H2,1-4H3,(H,17,18). The van der Waals surface area contributed by atoms with Crippen molar-refractivity contribution in [3.63, 3.8) is 0 Å². The number of hydrogen-bond donors (Lipinski definition) is 2. The molecule has 1 unspecified atom stereocenters. The fourth-order valence-electron chi connectivity index (χ4n) is 1.74. The molecule has 0 saturated heterocycles. The zero-order valence-corrected chi connectivity index (χ0v) is 12.2. The summed E-state index contributed by atoms with van der Waals surface area (Å²) in [5.74, 6) is -0.0135. The van der Waals surface area contributed by atoms with Crippen LogP contribution >= 0.6 is 11.6 Å². The van der Waals surface area contributed by atoms with Gasteiger partial charge >= 0.3 is 0 Å². The van der Waals surface area contributed by atoms with Crippen LogP contribution in [0, 0.1) is 13.8 Å². The molecule has 0 fully saturated rings. The molecule has 0 radical (unpaired) electrons. The number of amides is 1. The Hall–Kier alpha value is -1.22. The van der Waals surface area contributed by atoms with E-state index in [9.17, 15) is 4.79 Å². The van der Waals surface area contributed by atoms with Crippen LogP contribution in [-0.4, -0.2) is 18.5 Å². The Morgan fingerprint density at radius 1 is 1.39 bits per heavy atom. The Labute approximate surface area is 114 Å². The Bertz CT molecular complexity index is 409. The van der Waals surface area contributed by atoms with E-state index in [1.54, 1.807) is 0 Å². The summed E-state index contributed by atoms with van der Waals surface area (Å²) in [6, 6.07) is 4.14. The Kier molecular flexibility index (Phi) is 5.48. The van der Waals surface area contributed by atoms with Gasteiger partial charge in [0.1, 0.15) is 0 Å². The van der Waals surface area contributed by atoms with Crippen LogP contribution in [0.5, 0.6) is 0 Å². The van der Waals surface area contributed by atoms with Crippen LogP contribution in [0.2, 0.25) is 5.02 Å². The first kappa shape index (κ1) is 14.8. The van der Waals surface area contributed by atoms with Gasteiger partial charge in [-0.2, -0.15) is 0 Å². The first-order chi connectivity index (χ1) is 8.43. The van der Waals surface area contributed by atoms with E-state index in [1.165, 1.54) is 0 Å². The summed E-state index contributed by atoms with van der Waals surface area (Å²) in [4.78, 5) is 11.7. The summed E-state index contributed by atoms with van der Waals surface area (Å²) in [6.45, 7) is 8.25. The van der Waals surface area contributed by atoms with E-state index in [4.69, 9.17) is 11.6 Å². The fourth-order valence-corrected chi connectivity index (χ4v) is 2.12. The second-order valence-electron chi connectivity index (χ2n) is 4.67. The molecule has 0 aliphatic rings. The number of halogens is 1. The summed E-state index contributed by atoms with van der Waals surface area (Å²) in [7, 11) is 0. The normalized spacial score (nSPS) is 12.1. The van der Waals surface area contributed by atoms with Gasteiger partial charge in [0, 0.05) is 6.04 Å². The van der Waals surface area contributed by atoms with E-state index < -0.39 is 0 Å². The Balaban J connectivity index is 2.61. The second kappa shape index (κ2) is 6.64. The van der Waals surface area contributed by atoms with Crippen LogP contribution in [0.15, 0.2) is 12.1 Å². The molecule has 0 aromatic heterocycles. The van der Waals surface area contributed by atoms with E-state index in [2.05, 4.69) is 10.6 Å². The minimum atomic E-state index is -0.0135. The minimum absolute atomic E-state index is 0.0135. The van der Waals surface area contributed by atoms with E-state index in [-0.39, 0.29) is 18.5 Å². The molecule has 2 N–H and O–H groups in total. The van der Waals surface area contributed by atoms with Crippen molar-refractivity contribution in [2.24, 2.45) is 0 Å². The van der Waals surface area contributed by atoms with E-state index in [0.29, 0.717) is 5.02 Å². The smallest absolute Gasteiger partial charge is 0.239 e. The molecule has 0 heterocycles. The number of carbonyl (C=O) groups excluding carboxylic acids is 1. The van der Waals surface area contributed by atoms with Crippen molar-refractivity contribution in [3.05, 3.63) is 28.3 Å². The van der Waals surface area contributed by atoms with Crippen molar-refractivity contribution in [1.82, 2.24) is 5.32 Å². The number of carbonyl (C=O) groups is 1. The molecule has 1 rings (SSSR count). The largest absolute Gasteiger partial charge is 0.375 e. The van der Waals surface area contributed by atoms with Crippen molar-refractivity contribution < 1.29 is 4.79 Å². The van der Waals surface area contributed by atoms with Gasteiger partial charge in [-0.15, -0.1) is 0 Å². The van der Waals surface area contributed by atoms with Crippen molar-refractivity contribution in [3.8, 4) is 0 Å². The van der Waals surface area contributed by atoms with Crippen LogP contribution in [0.4, 0.5) is 5.69 Å². The molecule has 1 amide bonds. The maximum Gasteiger partial charge on any atom is 0.239 e. The van der Waals surface area contributed by atoms with Gasteiger partial charge in [-0.1, -0.05) is 24.6 Å². The number of benzene rings is 1. The topological polar surface area (TPSA) is 41.1 Å². The van der Waals surface area contributed by atoms with Crippen molar-refractivity contribution >= 4 is 23.2 Å². The quantitative estimate of drug-likeness (QED) is 0.860. The average molecular weight is 269 g/mol. The van der Waals surface area contributed by atoms with E-state index >= 15 is 0 Å². The SMILES string of the molecule is CCC(C)NC(=O)CNc1c(C)cc(C)cc1Cl. The van der Waals surface area contributed by atoms with Gasteiger partial charge in [0.15, 0.2) is 0 Å². The summed E-state index contributed by atoms with van der Waals surface area (Å²) >= 11 is 6.16. The first-order valence-electron chi connectivity index (χ1n) is 6.24. The minimum Gasteiger partial charge on any atom is -0.375 e. The molecule has 4 heteroatoms. The maximum absolute atomic E-state index is 11.7. The van der Waals surface area contributed by atoms with Crippen LogP contribution in [0.1, 0.15) is 31.4 Å². The predicted octanol–water partition coefficient (Wildman–Crippen LogP) is 3.28.